The average molecular weight is 294 g/mol. The second kappa shape index (κ2) is 5.73. The molecule has 2 aromatic carbocycles. The van der Waals surface area contributed by atoms with Crippen molar-refractivity contribution in [1.82, 2.24) is 10.6 Å². The monoisotopic (exact) mass is 294 g/mol. The van der Waals surface area contributed by atoms with E-state index in [4.69, 9.17) is 0 Å². The van der Waals surface area contributed by atoms with E-state index in [1.54, 1.807) is 36.4 Å². The van der Waals surface area contributed by atoms with Gasteiger partial charge in [0.25, 0.3) is 5.91 Å². The van der Waals surface area contributed by atoms with Crippen LogP contribution in [0.1, 0.15) is 17.2 Å². The van der Waals surface area contributed by atoms with E-state index in [1.807, 2.05) is 24.3 Å². The van der Waals surface area contributed by atoms with Gasteiger partial charge in [-0.2, -0.15) is 0 Å². The van der Waals surface area contributed by atoms with Crippen LogP contribution >= 0.6 is 0 Å². The fourth-order valence-electron chi connectivity index (χ4n) is 2.43. The minimum Gasteiger partial charge on any atom is -0.507 e. The van der Waals surface area contributed by atoms with E-state index in [0.717, 1.165) is 5.56 Å². The van der Waals surface area contributed by atoms with Gasteiger partial charge in [-0.05, 0) is 5.56 Å². The molecule has 3 amide bonds. The van der Waals surface area contributed by atoms with Crippen LogP contribution in [0.25, 0.3) is 5.76 Å². The zero-order valence-corrected chi connectivity index (χ0v) is 11.6. The smallest absolute Gasteiger partial charge is 0.322 e. The zero-order valence-electron chi connectivity index (χ0n) is 11.6. The topological polar surface area (TPSA) is 78.4 Å². The highest BCUT2D eigenvalue weighted by Crippen LogP contribution is 2.29. The number of carbonyl (C=O) groups is 2. The highest BCUT2D eigenvalue weighted by Gasteiger charge is 2.34. The van der Waals surface area contributed by atoms with Gasteiger partial charge in [0.1, 0.15) is 5.76 Å². The quantitative estimate of drug-likeness (QED) is 0.588. The van der Waals surface area contributed by atoms with E-state index < -0.39 is 18.0 Å². The summed E-state index contributed by atoms with van der Waals surface area (Å²) in [5, 5.41) is 15.3. The van der Waals surface area contributed by atoms with Crippen molar-refractivity contribution in [3.8, 4) is 0 Å². The molecule has 1 atom stereocenters. The minimum absolute atomic E-state index is 0.122. The minimum atomic E-state index is -0.692. The van der Waals surface area contributed by atoms with E-state index >= 15 is 0 Å². The van der Waals surface area contributed by atoms with Crippen LogP contribution in [0.4, 0.5) is 4.79 Å². The van der Waals surface area contributed by atoms with E-state index in [1.165, 1.54) is 0 Å². The molecule has 1 fully saturated rings. The highest BCUT2D eigenvalue weighted by atomic mass is 16.3. The van der Waals surface area contributed by atoms with Gasteiger partial charge < -0.3 is 10.4 Å². The average Bonchev–Trinajstić information content (AvgIpc) is 2.55. The summed E-state index contributed by atoms with van der Waals surface area (Å²) in [6.07, 6.45) is 0. The molecular formula is C17H14N2O3. The van der Waals surface area contributed by atoms with Crippen LogP contribution < -0.4 is 10.6 Å². The van der Waals surface area contributed by atoms with E-state index in [0.29, 0.717) is 5.56 Å². The van der Waals surface area contributed by atoms with E-state index in [9.17, 15) is 14.7 Å². The molecule has 0 saturated carbocycles. The third-order valence-electron chi connectivity index (χ3n) is 3.47. The van der Waals surface area contributed by atoms with Crippen molar-refractivity contribution >= 4 is 17.7 Å². The molecule has 1 saturated heterocycles. The van der Waals surface area contributed by atoms with Crippen LogP contribution in [0.3, 0.4) is 0 Å². The second-order valence-electron chi connectivity index (χ2n) is 4.90. The maximum Gasteiger partial charge on any atom is 0.322 e. The van der Waals surface area contributed by atoms with Crippen LogP contribution in [0, 0.1) is 0 Å². The van der Waals surface area contributed by atoms with E-state index in [-0.39, 0.29) is 11.3 Å². The molecular weight excluding hydrogens is 280 g/mol. The first-order valence-electron chi connectivity index (χ1n) is 6.82. The SMILES string of the molecule is O=C1NC(=O)C(=C(O)c2ccccc2)C(c2ccccc2)N1. The Morgan fingerprint density at radius 3 is 2.14 bits per heavy atom. The predicted octanol–water partition coefficient (Wildman–Crippen LogP) is 2.54. The number of rotatable bonds is 2. The molecule has 1 unspecified atom stereocenters. The van der Waals surface area contributed by atoms with Crippen molar-refractivity contribution < 1.29 is 14.7 Å². The summed E-state index contributed by atoms with van der Waals surface area (Å²) in [7, 11) is 0. The number of aliphatic hydroxyl groups is 1. The third kappa shape index (κ3) is 2.56. The van der Waals surface area contributed by atoms with Gasteiger partial charge in [0.2, 0.25) is 0 Å². The Hall–Kier alpha value is -3.08. The molecule has 0 aliphatic carbocycles. The number of nitrogens with one attached hydrogen (secondary N) is 2. The Balaban J connectivity index is 2.12. The fraction of sp³-hybridized carbons (Fsp3) is 0.0588. The molecule has 3 rings (SSSR count). The van der Waals surface area contributed by atoms with Crippen molar-refractivity contribution in [2.75, 3.05) is 0 Å². The molecule has 5 heteroatoms. The number of hydrogen-bond acceptors (Lipinski definition) is 3. The lowest BCUT2D eigenvalue weighted by molar-refractivity contribution is -0.117. The number of benzene rings is 2. The summed E-state index contributed by atoms with van der Waals surface area (Å²) in [5.41, 5.74) is 1.37. The van der Waals surface area contributed by atoms with Gasteiger partial charge in [-0.15, -0.1) is 0 Å². The number of hydrogen-bond donors (Lipinski definition) is 3. The molecule has 1 heterocycles. The number of carbonyl (C=O) groups excluding carboxylic acids is 2. The van der Waals surface area contributed by atoms with Crippen LogP contribution in [0.2, 0.25) is 0 Å². The highest BCUT2D eigenvalue weighted by molar-refractivity contribution is 6.11. The Morgan fingerprint density at radius 2 is 1.50 bits per heavy atom. The number of aliphatic hydroxyl groups excluding tert-OH is 1. The first-order valence-corrected chi connectivity index (χ1v) is 6.82. The molecule has 0 radical (unpaired) electrons. The lowest BCUT2D eigenvalue weighted by Crippen LogP contribution is -2.50. The van der Waals surface area contributed by atoms with Gasteiger partial charge in [0, 0.05) is 5.56 Å². The number of amides is 3. The maximum absolute atomic E-state index is 12.2. The number of imide groups is 1. The molecule has 0 spiro atoms. The first-order chi connectivity index (χ1) is 10.7. The van der Waals surface area contributed by atoms with Crippen molar-refractivity contribution in [2.24, 2.45) is 0 Å². The molecule has 1 aliphatic rings. The summed E-state index contributed by atoms with van der Waals surface area (Å²) in [6, 6.07) is 16.5. The molecule has 22 heavy (non-hydrogen) atoms. The summed E-state index contributed by atoms with van der Waals surface area (Å²) >= 11 is 0. The van der Waals surface area contributed by atoms with Gasteiger partial charge in [0.15, 0.2) is 0 Å². The fourth-order valence-corrected chi connectivity index (χ4v) is 2.43. The summed E-state index contributed by atoms with van der Waals surface area (Å²) < 4.78 is 0. The van der Waals surface area contributed by atoms with Gasteiger partial charge in [0.05, 0.1) is 11.6 Å². The molecule has 110 valence electrons. The third-order valence-corrected chi connectivity index (χ3v) is 3.47. The van der Waals surface area contributed by atoms with Gasteiger partial charge in [-0.25, -0.2) is 4.79 Å². The second-order valence-corrected chi connectivity index (χ2v) is 4.90. The standard InChI is InChI=1S/C17H14N2O3/c20-15(12-9-5-2-6-10-12)13-14(11-7-3-1-4-8-11)18-17(22)19-16(13)21/h1-10,14,20H,(H2,18,19,21,22). The molecule has 2 aromatic rings. The Kier molecular flexibility index (Phi) is 3.62. The lowest BCUT2D eigenvalue weighted by Gasteiger charge is -2.27. The normalized spacial score (nSPS) is 20.1. The summed E-state index contributed by atoms with van der Waals surface area (Å²) in [4.78, 5) is 23.8. The van der Waals surface area contributed by atoms with Crippen LogP contribution in [0.5, 0.6) is 0 Å². The first kappa shape index (κ1) is 13.9. The van der Waals surface area contributed by atoms with Crippen molar-refractivity contribution in [1.29, 1.82) is 0 Å². The Bertz CT molecular complexity index is 739. The van der Waals surface area contributed by atoms with Gasteiger partial charge >= 0.3 is 6.03 Å². The molecule has 1 aliphatic heterocycles. The van der Waals surface area contributed by atoms with Crippen LogP contribution in [-0.4, -0.2) is 17.0 Å². The lowest BCUT2D eigenvalue weighted by atomic mass is 9.93. The predicted molar refractivity (Wildman–Crippen MR) is 81.8 cm³/mol. The largest absolute Gasteiger partial charge is 0.507 e. The van der Waals surface area contributed by atoms with Crippen LogP contribution in [0.15, 0.2) is 66.2 Å². The maximum atomic E-state index is 12.2. The molecule has 5 nitrogen and oxygen atoms in total. The number of urea groups is 1. The van der Waals surface area contributed by atoms with Crippen molar-refractivity contribution in [2.45, 2.75) is 6.04 Å². The van der Waals surface area contributed by atoms with Gasteiger partial charge in [-0.3, -0.25) is 10.1 Å². The van der Waals surface area contributed by atoms with Crippen molar-refractivity contribution in [3.63, 3.8) is 0 Å². The van der Waals surface area contributed by atoms with E-state index in [2.05, 4.69) is 10.6 Å². The molecule has 3 N–H and O–H groups in total. The van der Waals surface area contributed by atoms with Gasteiger partial charge in [-0.1, -0.05) is 60.7 Å². The zero-order chi connectivity index (χ0) is 15.5. The molecule has 0 bridgehead atoms. The summed E-state index contributed by atoms with van der Waals surface area (Å²) in [5.74, 6) is -0.745. The van der Waals surface area contributed by atoms with Crippen LogP contribution in [-0.2, 0) is 4.79 Å². The molecule has 0 aromatic heterocycles. The summed E-state index contributed by atoms with van der Waals surface area (Å²) in [6.45, 7) is 0. The van der Waals surface area contributed by atoms with Crippen molar-refractivity contribution in [3.05, 3.63) is 77.4 Å². The Morgan fingerprint density at radius 1 is 0.909 bits per heavy atom. The Labute approximate surface area is 127 Å².